The summed E-state index contributed by atoms with van der Waals surface area (Å²) < 4.78 is 13.3. The van der Waals surface area contributed by atoms with Gasteiger partial charge >= 0.3 is 0 Å². The molecule has 1 aliphatic rings. The number of benzene rings is 2. The van der Waals surface area contributed by atoms with Gasteiger partial charge in [-0.25, -0.2) is 4.39 Å². The second kappa shape index (κ2) is 4.45. The Morgan fingerprint density at radius 3 is 2.86 bits per heavy atom. The number of nitrogens with zero attached hydrogens (tertiary/aromatic N) is 1. The highest BCUT2D eigenvalue weighted by molar-refractivity contribution is 5.81. The molecule has 4 rings (SSSR count). The standard InChI is InChI=1S/C17H14FN3/c1-10-13-7-2-3-8-14(13)16-15(10)17(21-20-16)19-12-6-4-5-11(18)9-12/h2-10H,1H3,(H2,19,20,21). The zero-order valence-corrected chi connectivity index (χ0v) is 11.5. The number of hydrogen-bond donors (Lipinski definition) is 2. The van der Waals surface area contributed by atoms with E-state index in [0.29, 0.717) is 5.69 Å². The molecule has 0 bridgehead atoms. The lowest BCUT2D eigenvalue weighted by Gasteiger charge is -2.10. The van der Waals surface area contributed by atoms with Crippen LogP contribution in [0.1, 0.15) is 24.0 Å². The van der Waals surface area contributed by atoms with Crippen LogP contribution in [0, 0.1) is 5.82 Å². The Balaban J connectivity index is 1.76. The van der Waals surface area contributed by atoms with Gasteiger partial charge in [-0.05, 0) is 23.8 Å². The number of nitrogens with one attached hydrogen (secondary N) is 2. The number of hydrogen-bond acceptors (Lipinski definition) is 2. The van der Waals surface area contributed by atoms with Gasteiger partial charge in [0.05, 0.1) is 5.69 Å². The molecule has 2 N–H and O–H groups in total. The minimum atomic E-state index is -0.257. The predicted octanol–water partition coefficient (Wildman–Crippen LogP) is 4.42. The summed E-state index contributed by atoms with van der Waals surface area (Å²) in [5.74, 6) is 0.845. The summed E-state index contributed by atoms with van der Waals surface area (Å²) in [6, 6.07) is 14.7. The Kier molecular flexibility index (Phi) is 2.57. The molecule has 0 spiro atoms. The maximum atomic E-state index is 13.3. The molecule has 0 aliphatic heterocycles. The van der Waals surface area contributed by atoms with Crippen molar-refractivity contribution in [2.75, 3.05) is 5.32 Å². The van der Waals surface area contributed by atoms with Gasteiger partial charge in [0.1, 0.15) is 11.6 Å². The van der Waals surface area contributed by atoms with Crippen molar-refractivity contribution in [2.24, 2.45) is 0 Å². The zero-order valence-electron chi connectivity index (χ0n) is 11.5. The fourth-order valence-corrected chi connectivity index (χ4v) is 3.03. The maximum Gasteiger partial charge on any atom is 0.130 e. The van der Waals surface area contributed by atoms with E-state index in [9.17, 15) is 4.39 Å². The lowest BCUT2D eigenvalue weighted by atomic mass is 10.00. The number of aromatic nitrogens is 2. The molecular weight excluding hydrogens is 265 g/mol. The fraction of sp³-hybridized carbons (Fsp3) is 0.118. The van der Waals surface area contributed by atoms with Crippen LogP contribution < -0.4 is 5.32 Å². The Hall–Kier alpha value is -2.62. The van der Waals surface area contributed by atoms with Crippen LogP contribution in [0.15, 0.2) is 48.5 Å². The molecule has 2 aromatic carbocycles. The van der Waals surface area contributed by atoms with Gasteiger partial charge in [-0.1, -0.05) is 37.3 Å². The first-order valence-electron chi connectivity index (χ1n) is 6.94. The molecule has 1 aromatic heterocycles. The van der Waals surface area contributed by atoms with E-state index in [0.717, 1.165) is 17.1 Å². The molecular formula is C17H14FN3. The third-order valence-corrected chi connectivity index (χ3v) is 4.01. The summed E-state index contributed by atoms with van der Waals surface area (Å²) >= 11 is 0. The smallest absolute Gasteiger partial charge is 0.130 e. The molecule has 104 valence electrons. The number of H-pyrrole nitrogens is 1. The van der Waals surface area contributed by atoms with Crippen molar-refractivity contribution in [3.05, 3.63) is 65.5 Å². The largest absolute Gasteiger partial charge is 0.340 e. The number of aromatic amines is 1. The van der Waals surface area contributed by atoms with Crippen LogP contribution >= 0.6 is 0 Å². The molecule has 1 atom stereocenters. The van der Waals surface area contributed by atoms with Crippen LogP contribution in [0.5, 0.6) is 0 Å². The van der Waals surface area contributed by atoms with Crippen molar-refractivity contribution >= 4 is 11.5 Å². The summed E-state index contributed by atoms with van der Waals surface area (Å²) in [6.45, 7) is 2.16. The van der Waals surface area contributed by atoms with Crippen LogP contribution in [0.2, 0.25) is 0 Å². The fourth-order valence-electron chi connectivity index (χ4n) is 3.03. The lowest BCUT2D eigenvalue weighted by molar-refractivity contribution is 0.628. The predicted molar refractivity (Wildman–Crippen MR) is 81.2 cm³/mol. The van der Waals surface area contributed by atoms with Crippen molar-refractivity contribution in [3.8, 4) is 11.3 Å². The quantitative estimate of drug-likeness (QED) is 0.728. The molecule has 0 amide bonds. The lowest BCUT2D eigenvalue weighted by Crippen LogP contribution is -1.97. The number of fused-ring (bicyclic) bond motifs is 3. The molecule has 0 radical (unpaired) electrons. The highest BCUT2D eigenvalue weighted by Gasteiger charge is 2.30. The van der Waals surface area contributed by atoms with Crippen molar-refractivity contribution in [1.82, 2.24) is 10.2 Å². The van der Waals surface area contributed by atoms with E-state index in [2.05, 4.69) is 34.6 Å². The maximum absolute atomic E-state index is 13.3. The van der Waals surface area contributed by atoms with Gasteiger partial charge < -0.3 is 5.32 Å². The van der Waals surface area contributed by atoms with Gasteiger partial charge in [0.25, 0.3) is 0 Å². The normalized spacial score (nSPS) is 15.6. The molecule has 0 saturated carbocycles. The van der Waals surface area contributed by atoms with E-state index >= 15 is 0 Å². The molecule has 3 aromatic rings. The van der Waals surface area contributed by atoms with Crippen LogP contribution in [0.3, 0.4) is 0 Å². The summed E-state index contributed by atoms with van der Waals surface area (Å²) in [6.07, 6.45) is 0. The average Bonchev–Trinajstić information content (AvgIpc) is 3.01. The number of halogens is 1. The molecule has 0 fully saturated rings. The first-order valence-corrected chi connectivity index (χ1v) is 6.94. The van der Waals surface area contributed by atoms with Crippen LogP contribution in [0.4, 0.5) is 15.9 Å². The summed E-state index contributed by atoms with van der Waals surface area (Å²) in [5, 5.41) is 10.7. The van der Waals surface area contributed by atoms with E-state index in [4.69, 9.17) is 0 Å². The van der Waals surface area contributed by atoms with E-state index in [-0.39, 0.29) is 11.7 Å². The van der Waals surface area contributed by atoms with Gasteiger partial charge in [-0.3, -0.25) is 5.10 Å². The first kappa shape index (κ1) is 12.1. The van der Waals surface area contributed by atoms with Crippen LogP contribution in [-0.2, 0) is 0 Å². The average molecular weight is 279 g/mol. The molecule has 0 saturated heterocycles. The van der Waals surface area contributed by atoms with Crippen molar-refractivity contribution in [1.29, 1.82) is 0 Å². The molecule has 21 heavy (non-hydrogen) atoms. The third-order valence-electron chi connectivity index (χ3n) is 4.01. The minimum absolute atomic E-state index is 0.257. The van der Waals surface area contributed by atoms with Crippen molar-refractivity contribution in [3.63, 3.8) is 0 Å². The molecule has 1 heterocycles. The molecule has 4 heteroatoms. The molecule has 1 unspecified atom stereocenters. The molecule has 3 nitrogen and oxygen atoms in total. The monoisotopic (exact) mass is 279 g/mol. The van der Waals surface area contributed by atoms with Crippen LogP contribution in [-0.4, -0.2) is 10.2 Å². The Morgan fingerprint density at radius 2 is 2.00 bits per heavy atom. The minimum Gasteiger partial charge on any atom is -0.340 e. The van der Waals surface area contributed by atoms with Crippen molar-refractivity contribution < 1.29 is 4.39 Å². The van der Waals surface area contributed by atoms with Gasteiger partial charge in [0, 0.05) is 22.7 Å². The summed E-state index contributed by atoms with van der Waals surface area (Å²) in [4.78, 5) is 0. The Bertz CT molecular complexity index is 822. The summed E-state index contributed by atoms with van der Waals surface area (Å²) in [7, 11) is 0. The van der Waals surface area contributed by atoms with Gasteiger partial charge in [-0.2, -0.15) is 5.10 Å². The van der Waals surface area contributed by atoms with Crippen molar-refractivity contribution in [2.45, 2.75) is 12.8 Å². The van der Waals surface area contributed by atoms with Gasteiger partial charge in [0.15, 0.2) is 0 Å². The molecule has 1 aliphatic carbocycles. The topological polar surface area (TPSA) is 40.7 Å². The Morgan fingerprint density at radius 1 is 1.14 bits per heavy atom. The van der Waals surface area contributed by atoms with E-state index < -0.39 is 0 Å². The third kappa shape index (κ3) is 1.83. The van der Waals surface area contributed by atoms with E-state index in [1.807, 2.05) is 18.2 Å². The highest BCUT2D eigenvalue weighted by atomic mass is 19.1. The number of anilines is 2. The Labute approximate surface area is 121 Å². The van der Waals surface area contributed by atoms with Crippen LogP contribution in [0.25, 0.3) is 11.3 Å². The zero-order chi connectivity index (χ0) is 14.4. The first-order chi connectivity index (χ1) is 10.2. The second-order valence-electron chi connectivity index (χ2n) is 5.31. The number of rotatable bonds is 2. The van der Waals surface area contributed by atoms with Gasteiger partial charge in [-0.15, -0.1) is 0 Å². The second-order valence-corrected chi connectivity index (χ2v) is 5.31. The van der Waals surface area contributed by atoms with Gasteiger partial charge in [0.2, 0.25) is 0 Å². The SMILES string of the molecule is CC1c2ccccc2-c2n[nH]c(Nc3cccc(F)c3)c21. The van der Waals surface area contributed by atoms with E-state index in [1.165, 1.54) is 23.3 Å². The van der Waals surface area contributed by atoms with E-state index in [1.54, 1.807) is 6.07 Å². The summed E-state index contributed by atoms with van der Waals surface area (Å²) in [5.41, 5.74) is 5.29. The highest BCUT2D eigenvalue weighted by Crippen LogP contribution is 2.46.